The molecule has 1 N–H and O–H groups in total. The lowest BCUT2D eigenvalue weighted by Crippen LogP contribution is -2.34. The Morgan fingerprint density at radius 3 is 1.86 bits per heavy atom. The van der Waals surface area contributed by atoms with Gasteiger partial charge in [-0.3, -0.25) is 5.10 Å². The van der Waals surface area contributed by atoms with E-state index in [0.29, 0.717) is 41.2 Å². The van der Waals surface area contributed by atoms with Crippen LogP contribution in [0.1, 0.15) is 51.9 Å². The molecule has 1 rings (SSSR count). The third kappa shape index (κ3) is 4.81. The van der Waals surface area contributed by atoms with Crippen LogP contribution in [-0.4, -0.2) is 36.0 Å². The minimum Gasteiger partial charge on any atom is -0.281 e. The number of nitrogens with one attached hydrogen (secondary N) is 1. The fraction of sp³-hybridized carbons (Fsp3) is 0.800. The Balaban J connectivity index is 3.04. The summed E-state index contributed by atoms with van der Waals surface area (Å²) in [6.45, 7) is 13.1. The van der Waals surface area contributed by atoms with Gasteiger partial charge in [0.05, 0.1) is 11.4 Å². The Kier molecular flexibility index (Phi) is 6.41. The van der Waals surface area contributed by atoms with Crippen molar-refractivity contribution in [2.45, 2.75) is 59.3 Å². The largest absolute Gasteiger partial charge is 0.281 e. The van der Waals surface area contributed by atoms with Gasteiger partial charge in [-0.1, -0.05) is 27.7 Å². The van der Waals surface area contributed by atoms with Crippen LogP contribution in [0.5, 0.6) is 0 Å². The maximum absolute atomic E-state index is 12.9. The topological polar surface area (TPSA) is 66.1 Å². The number of aromatic amines is 1. The molecule has 0 amide bonds. The highest BCUT2D eigenvalue weighted by Gasteiger charge is 2.29. The molecule has 0 aliphatic carbocycles. The molecular weight excluding hydrogens is 286 g/mol. The molecule has 122 valence electrons. The van der Waals surface area contributed by atoms with Crippen molar-refractivity contribution >= 4 is 10.0 Å². The molecule has 0 spiro atoms. The summed E-state index contributed by atoms with van der Waals surface area (Å²) in [4.78, 5) is 0.343. The number of nitrogens with zero attached hydrogens (tertiary/aromatic N) is 2. The summed E-state index contributed by atoms with van der Waals surface area (Å²) in [5, 5.41) is 6.80. The van der Waals surface area contributed by atoms with Gasteiger partial charge in [-0.2, -0.15) is 9.40 Å². The van der Waals surface area contributed by atoms with Gasteiger partial charge in [0.25, 0.3) is 0 Å². The fourth-order valence-corrected chi connectivity index (χ4v) is 4.01. The average Bonchev–Trinajstić information content (AvgIpc) is 2.68. The van der Waals surface area contributed by atoms with E-state index >= 15 is 0 Å². The molecule has 0 saturated heterocycles. The van der Waals surface area contributed by atoms with E-state index in [4.69, 9.17) is 0 Å². The zero-order chi connectivity index (χ0) is 16.2. The van der Waals surface area contributed by atoms with Crippen LogP contribution in [0, 0.1) is 25.7 Å². The van der Waals surface area contributed by atoms with E-state index in [0.717, 1.165) is 12.8 Å². The van der Waals surface area contributed by atoms with Crippen LogP contribution in [0.3, 0.4) is 0 Å². The predicted molar refractivity (Wildman–Crippen MR) is 85.7 cm³/mol. The first-order chi connectivity index (χ1) is 9.66. The second-order valence-corrected chi connectivity index (χ2v) is 8.41. The first-order valence-corrected chi connectivity index (χ1v) is 9.12. The molecule has 0 atom stereocenters. The van der Waals surface area contributed by atoms with Gasteiger partial charge in [-0.15, -0.1) is 0 Å². The third-order valence-electron chi connectivity index (χ3n) is 3.57. The Morgan fingerprint density at radius 1 is 1.05 bits per heavy atom. The fourth-order valence-electron chi connectivity index (χ4n) is 2.21. The molecule has 0 saturated carbocycles. The summed E-state index contributed by atoms with van der Waals surface area (Å²) in [7, 11) is -3.47. The van der Waals surface area contributed by atoms with E-state index in [1.165, 1.54) is 0 Å². The molecule has 0 fully saturated rings. The van der Waals surface area contributed by atoms with Gasteiger partial charge in [-0.25, -0.2) is 8.42 Å². The quantitative estimate of drug-likeness (QED) is 0.801. The number of aromatic nitrogens is 2. The molecule has 5 nitrogen and oxygen atoms in total. The van der Waals surface area contributed by atoms with Gasteiger partial charge in [-0.05, 0) is 38.5 Å². The molecule has 0 aromatic carbocycles. The Bertz CT molecular complexity index is 516. The van der Waals surface area contributed by atoms with E-state index < -0.39 is 10.0 Å². The van der Waals surface area contributed by atoms with E-state index in [9.17, 15) is 8.42 Å². The van der Waals surface area contributed by atoms with Crippen molar-refractivity contribution < 1.29 is 8.42 Å². The summed E-state index contributed by atoms with van der Waals surface area (Å²) < 4.78 is 27.5. The third-order valence-corrected chi connectivity index (χ3v) is 5.73. The minimum atomic E-state index is -3.47. The predicted octanol–water partition coefficient (Wildman–Crippen LogP) is 3.11. The number of sulfonamides is 1. The normalized spacial score (nSPS) is 12.8. The van der Waals surface area contributed by atoms with Gasteiger partial charge in [0.1, 0.15) is 4.90 Å². The van der Waals surface area contributed by atoms with Crippen LogP contribution >= 0.6 is 0 Å². The molecule has 0 unspecified atom stereocenters. The van der Waals surface area contributed by atoms with Crippen LogP contribution in [-0.2, 0) is 10.0 Å². The summed E-state index contributed by atoms with van der Waals surface area (Å²) in [6, 6.07) is 0. The van der Waals surface area contributed by atoms with Crippen molar-refractivity contribution in [2.75, 3.05) is 13.1 Å². The number of hydrogen-bond acceptors (Lipinski definition) is 3. The Morgan fingerprint density at radius 2 is 1.52 bits per heavy atom. The summed E-state index contributed by atoms with van der Waals surface area (Å²) in [5.74, 6) is 0.960. The number of H-pyrrole nitrogens is 1. The van der Waals surface area contributed by atoms with Crippen LogP contribution in [0.4, 0.5) is 0 Å². The monoisotopic (exact) mass is 315 g/mol. The summed E-state index contributed by atoms with van der Waals surface area (Å²) in [5.41, 5.74) is 1.16. The molecular formula is C15H29N3O2S. The van der Waals surface area contributed by atoms with Gasteiger partial charge in [0.15, 0.2) is 0 Å². The molecule has 0 aliphatic rings. The molecule has 1 aromatic heterocycles. The molecule has 1 aromatic rings. The SMILES string of the molecule is Cc1n[nH]c(C)c1S(=O)(=O)N(CCC(C)C)CCC(C)C. The zero-order valence-corrected chi connectivity index (χ0v) is 14.9. The minimum absolute atomic E-state index is 0.343. The van der Waals surface area contributed by atoms with E-state index in [2.05, 4.69) is 37.9 Å². The van der Waals surface area contributed by atoms with Crippen molar-refractivity contribution in [3.05, 3.63) is 11.4 Å². The molecule has 0 aliphatic heterocycles. The number of aryl methyl sites for hydroxylation is 2. The second-order valence-electron chi connectivity index (χ2n) is 6.53. The first kappa shape index (κ1) is 18.2. The van der Waals surface area contributed by atoms with Crippen LogP contribution < -0.4 is 0 Å². The van der Waals surface area contributed by atoms with Crippen molar-refractivity contribution in [2.24, 2.45) is 11.8 Å². The highest BCUT2D eigenvalue weighted by atomic mass is 32.2. The van der Waals surface area contributed by atoms with E-state index in [1.54, 1.807) is 18.2 Å². The zero-order valence-electron chi connectivity index (χ0n) is 14.1. The van der Waals surface area contributed by atoms with Crippen LogP contribution in [0.15, 0.2) is 4.90 Å². The Labute approximate surface area is 129 Å². The van der Waals surface area contributed by atoms with Crippen molar-refractivity contribution in [1.29, 1.82) is 0 Å². The maximum Gasteiger partial charge on any atom is 0.246 e. The maximum atomic E-state index is 12.9. The average molecular weight is 315 g/mol. The molecule has 0 bridgehead atoms. The van der Waals surface area contributed by atoms with Crippen molar-refractivity contribution in [3.8, 4) is 0 Å². The van der Waals surface area contributed by atoms with Gasteiger partial charge in [0, 0.05) is 13.1 Å². The lowest BCUT2D eigenvalue weighted by Gasteiger charge is -2.24. The smallest absolute Gasteiger partial charge is 0.246 e. The van der Waals surface area contributed by atoms with Crippen LogP contribution in [0.25, 0.3) is 0 Å². The van der Waals surface area contributed by atoms with Crippen molar-refractivity contribution in [3.63, 3.8) is 0 Å². The standard InChI is InChI=1S/C15H29N3O2S/c1-11(2)7-9-18(10-8-12(3)4)21(19,20)15-13(5)16-17-14(15)6/h11-12H,7-10H2,1-6H3,(H,16,17). The van der Waals surface area contributed by atoms with E-state index in [1.807, 2.05) is 0 Å². The summed E-state index contributed by atoms with van der Waals surface area (Å²) in [6.07, 6.45) is 1.74. The van der Waals surface area contributed by atoms with E-state index in [-0.39, 0.29) is 0 Å². The molecule has 6 heteroatoms. The van der Waals surface area contributed by atoms with Crippen LogP contribution in [0.2, 0.25) is 0 Å². The molecule has 21 heavy (non-hydrogen) atoms. The van der Waals surface area contributed by atoms with Gasteiger partial charge < -0.3 is 0 Å². The Hall–Kier alpha value is -0.880. The lowest BCUT2D eigenvalue weighted by molar-refractivity contribution is 0.356. The highest BCUT2D eigenvalue weighted by molar-refractivity contribution is 7.89. The summed E-state index contributed by atoms with van der Waals surface area (Å²) >= 11 is 0. The molecule has 1 heterocycles. The first-order valence-electron chi connectivity index (χ1n) is 7.68. The van der Waals surface area contributed by atoms with Gasteiger partial charge in [0.2, 0.25) is 10.0 Å². The van der Waals surface area contributed by atoms with Crippen molar-refractivity contribution in [1.82, 2.24) is 14.5 Å². The molecule has 0 radical (unpaired) electrons. The highest BCUT2D eigenvalue weighted by Crippen LogP contribution is 2.23. The van der Waals surface area contributed by atoms with Gasteiger partial charge >= 0.3 is 0 Å². The number of rotatable bonds is 8. The second kappa shape index (κ2) is 7.40. The number of hydrogen-bond donors (Lipinski definition) is 1. The lowest BCUT2D eigenvalue weighted by atomic mass is 10.1.